The Bertz CT molecular complexity index is 408. The number of hydrogen-bond acceptors (Lipinski definition) is 3. The highest BCUT2D eigenvalue weighted by molar-refractivity contribution is 5.25. The predicted octanol–water partition coefficient (Wildman–Crippen LogP) is 2.36. The van der Waals surface area contributed by atoms with Gasteiger partial charge in [0, 0.05) is 19.1 Å². The lowest BCUT2D eigenvalue weighted by Crippen LogP contribution is -2.33. The van der Waals surface area contributed by atoms with E-state index in [0.717, 1.165) is 25.6 Å². The van der Waals surface area contributed by atoms with Crippen LogP contribution < -0.4 is 10.1 Å². The van der Waals surface area contributed by atoms with Gasteiger partial charge in [0.25, 0.3) is 0 Å². The molecule has 0 saturated carbocycles. The number of benzene rings is 1. The van der Waals surface area contributed by atoms with Crippen LogP contribution in [-0.2, 0) is 4.74 Å². The predicted molar refractivity (Wildman–Crippen MR) is 68.2 cm³/mol. The van der Waals surface area contributed by atoms with Crippen molar-refractivity contribution in [3.8, 4) is 5.75 Å². The van der Waals surface area contributed by atoms with Crippen molar-refractivity contribution in [2.75, 3.05) is 26.3 Å². The second kappa shape index (κ2) is 6.82. The van der Waals surface area contributed by atoms with Crippen LogP contribution in [0.3, 0.4) is 0 Å². The Balaban J connectivity index is 2.07. The molecule has 1 heterocycles. The zero-order chi connectivity index (χ0) is 13.7. The second-order valence-electron chi connectivity index (χ2n) is 4.62. The van der Waals surface area contributed by atoms with Crippen LogP contribution in [0.5, 0.6) is 5.75 Å². The van der Waals surface area contributed by atoms with Crippen molar-refractivity contribution >= 4 is 0 Å². The van der Waals surface area contributed by atoms with Crippen molar-refractivity contribution in [1.82, 2.24) is 5.32 Å². The summed E-state index contributed by atoms with van der Waals surface area (Å²) in [5, 5.41) is 3.24. The Hall–Kier alpha value is -1.20. The van der Waals surface area contributed by atoms with Gasteiger partial charge in [0.1, 0.15) is 6.10 Å². The molecule has 1 aromatic carbocycles. The lowest BCUT2D eigenvalue weighted by atomic mass is 10.0. The molecule has 1 aliphatic rings. The van der Waals surface area contributed by atoms with Crippen molar-refractivity contribution in [3.63, 3.8) is 0 Å². The van der Waals surface area contributed by atoms with E-state index in [1.165, 1.54) is 12.1 Å². The normalized spacial score (nSPS) is 20.5. The highest BCUT2D eigenvalue weighted by atomic mass is 19.2. The largest absolute Gasteiger partial charge is 0.484 e. The summed E-state index contributed by atoms with van der Waals surface area (Å²) < 4.78 is 37.8. The molecule has 0 aliphatic carbocycles. The van der Waals surface area contributed by atoms with E-state index in [1.807, 2.05) is 6.92 Å². The molecular formula is C14H19F2NO2. The van der Waals surface area contributed by atoms with E-state index in [1.54, 1.807) is 0 Å². The summed E-state index contributed by atoms with van der Waals surface area (Å²) in [6.07, 6.45) is 0.695. The summed E-state index contributed by atoms with van der Waals surface area (Å²) >= 11 is 0. The molecule has 19 heavy (non-hydrogen) atoms. The van der Waals surface area contributed by atoms with Gasteiger partial charge in [-0.05, 0) is 32.0 Å². The van der Waals surface area contributed by atoms with Gasteiger partial charge >= 0.3 is 0 Å². The van der Waals surface area contributed by atoms with Crippen molar-refractivity contribution in [1.29, 1.82) is 0 Å². The molecule has 1 N–H and O–H groups in total. The Kier molecular flexibility index (Phi) is 5.10. The first-order valence-electron chi connectivity index (χ1n) is 6.61. The molecule has 0 unspecified atom stereocenters. The quantitative estimate of drug-likeness (QED) is 0.861. The standard InChI is InChI=1S/C14H19F2NO2/c1-2-18-9-13(10-6-7-17-8-10)19-12-5-3-4-11(15)14(12)16/h3-5,10,13,17H,2,6-9H2,1H3/t10-,13-/m0/s1. The number of ether oxygens (including phenoxy) is 2. The van der Waals surface area contributed by atoms with Crippen LogP contribution in [0.2, 0.25) is 0 Å². The monoisotopic (exact) mass is 271 g/mol. The minimum absolute atomic E-state index is 0.0448. The number of hydrogen-bond donors (Lipinski definition) is 1. The van der Waals surface area contributed by atoms with Crippen LogP contribution >= 0.6 is 0 Å². The third-order valence-corrected chi connectivity index (χ3v) is 3.30. The minimum atomic E-state index is -0.935. The van der Waals surface area contributed by atoms with E-state index in [2.05, 4.69) is 5.32 Å². The van der Waals surface area contributed by atoms with Crippen molar-refractivity contribution in [2.24, 2.45) is 5.92 Å². The third-order valence-electron chi connectivity index (χ3n) is 3.30. The van der Waals surface area contributed by atoms with Gasteiger partial charge in [0.2, 0.25) is 5.82 Å². The van der Waals surface area contributed by atoms with Crippen molar-refractivity contribution < 1.29 is 18.3 Å². The van der Waals surface area contributed by atoms with Crippen LogP contribution in [0.4, 0.5) is 8.78 Å². The molecule has 1 fully saturated rings. The SMILES string of the molecule is CCOC[C@H](Oc1cccc(F)c1F)[C@H]1CCNC1. The van der Waals surface area contributed by atoms with E-state index in [0.29, 0.717) is 13.2 Å². The summed E-state index contributed by atoms with van der Waals surface area (Å²) in [6, 6.07) is 3.97. The fraction of sp³-hybridized carbons (Fsp3) is 0.571. The molecule has 0 radical (unpaired) electrons. The Morgan fingerprint density at radius 1 is 1.42 bits per heavy atom. The molecule has 3 nitrogen and oxygen atoms in total. The van der Waals surface area contributed by atoms with Crippen molar-refractivity contribution in [2.45, 2.75) is 19.4 Å². The number of rotatable bonds is 6. The van der Waals surface area contributed by atoms with Crippen LogP contribution in [0.1, 0.15) is 13.3 Å². The van der Waals surface area contributed by atoms with Gasteiger partial charge in [-0.1, -0.05) is 6.07 Å². The summed E-state index contributed by atoms with van der Waals surface area (Å²) in [7, 11) is 0. The fourth-order valence-corrected chi connectivity index (χ4v) is 2.23. The highest BCUT2D eigenvalue weighted by Crippen LogP contribution is 2.24. The summed E-state index contributed by atoms with van der Waals surface area (Å²) in [4.78, 5) is 0. The average molecular weight is 271 g/mol. The lowest BCUT2D eigenvalue weighted by molar-refractivity contribution is 0.0267. The third kappa shape index (κ3) is 3.64. The van der Waals surface area contributed by atoms with Gasteiger partial charge in [-0.25, -0.2) is 4.39 Å². The summed E-state index contributed by atoms with van der Waals surface area (Å²) in [5.74, 6) is -1.61. The Labute approximate surface area is 111 Å². The molecule has 5 heteroatoms. The van der Waals surface area contributed by atoms with E-state index < -0.39 is 11.6 Å². The molecule has 106 valence electrons. The maximum atomic E-state index is 13.6. The zero-order valence-corrected chi connectivity index (χ0v) is 11.0. The van der Waals surface area contributed by atoms with E-state index in [4.69, 9.17) is 9.47 Å². The topological polar surface area (TPSA) is 30.5 Å². The van der Waals surface area contributed by atoms with Gasteiger partial charge in [0.15, 0.2) is 11.6 Å². The maximum absolute atomic E-state index is 13.6. The van der Waals surface area contributed by atoms with Gasteiger partial charge < -0.3 is 14.8 Å². The Morgan fingerprint density at radius 2 is 2.26 bits per heavy atom. The molecule has 2 rings (SSSR count). The first-order valence-corrected chi connectivity index (χ1v) is 6.61. The summed E-state index contributed by atoms with van der Waals surface area (Å²) in [5.41, 5.74) is 0. The van der Waals surface area contributed by atoms with Crippen LogP contribution in [0.15, 0.2) is 18.2 Å². The van der Waals surface area contributed by atoms with E-state index in [-0.39, 0.29) is 17.8 Å². The van der Waals surface area contributed by atoms with Gasteiger partial charge in [-0.3, -0.25) is 0 Å². The van der Waals surface area contributed by atoms with Gasteiger partial charge in [-0.2, -0.15) is 4.39 Å². The summed E-state index contributed by atoms with van der Waals surface area (Å²) in [6.45, 7) is 4.59. The molecule has 0 amide bonds. The van der Waals surface area contributed by atoms with E-state index >= 15 is 0 Å². The molecule has 0 spiro atoms. The zero-order valence-electron chi connectivity index (χ0n) is 11.0. The minimum Gasteiger partial charge on any atom is -0.484 e. The smallest absolute Gasteiger partial charge is 0.200 e. The number of nitrogens with one attached hydrogen (secondary N) is 1. The highest BCUT2D eigenvalue weighted by Gasteiger charge is 2.27. The first kappa shape index (κ1) is 14.2. The lowest BCUT2D eigenvalue weighted by Gasteiger charge is -2.24. The molecule has 2 atom stereocenters. The molecule has 0 bridgehead atoms. The van der Waals surface area contributed by atoms with Crippen LogP contribution in [-0.4, -0.2) is 32.4 Å². The second-order valence-corrected chi connectivity index (χ2v) is 4.62. The van der Waals surface area contributed by atoms with Gasteiger partial charge in [0.05, 0.1) is 6.61 Å². The van der Waals surface area contributed by atoms with Gasteiger partial charge in [-0.15, -0.1) is 0 Å². The van der Waals surface area contributed by atoms with Crippen molar-refractivity contribution in [3.05, 3.63) is 29.8 Å². The van der Waals surface area contributed by atoms with Crippen LogP contribution in [0.25, 0.3) is 0 Å². The number of halogens is 2. The Morgan fingerprint density at radius 3 is 2.95 bits per heavy atom. The fourth-order valence-electron chi connectivity index (χ4n) is 2.23. The maximum Gasteiger partial charge on any atom is 0.200 e. The molecule has 0 aromatic heterocycles. The average Bonchev–Trinajstić information content (AvgIpc) is 2.93. The molecule has 1 aromatic rings. The molecular weight excluding hydrogens is 252 g/mol. The van der Waals surface area contributed by atoms with Crippen LogP contribution in [0, 0.1) is 17.6 Å². The van der Waals surface area contributed by atoms with E-state index in [9.17, 15) is 8.78 Å². The molecule has 1 saturated heterocycles. The molecule has 1 aliphatic heterocycles. The first-order chi connectivity index (χ1) is 9.22.